The highest BCUT2D eigenvalue weighted by Gasteiger charge is 2.26. The van der Waals surface area contributed by atoms with Crippen molar-refractivity contribution in [2.75, 3.05) is 18.1 Å². The smallest absolute Gasteiger partial charge is 0.311 e. The maximum absolute atomic E-state index is 11.4. The van der Waals surface area contributed by atoms with E-state index < -0.39 is 9.84 Å². The Kier molecular flexibility index (Phi) is 4.04. The van der Waals surface area contributed by atoms with Gasteiger partial charge >= 0.3 is 5.69 Å². The fourth-order valence-corrected chi connectivity index (χ4v) is 3.81. The van der Waals surface area contributed by atoms with Crippen molar-refractivity contribution in [3.05, 3.63) is 27.9 Å². The van der Waals surface area contributed by atoms with Crippen LogP contribution in [0.4, 0.5) is 0 Å². The van der Waals surface area contributed by atoms with Gasteiger partial charge in [0.2, 0.25) is 0 Å². The summed E-state index contributed by atoms with van der Waals surface area (Å²) in [4.78, 5) is 15.0. The molecule has 1 aromatic heterocycles. The van der Waals surface area contributed by atoms with Crippen LogP contribution in [-0.4, -0.2) is 42.1 Å². The summed E-state index contributed by atoms with van der Waals surface area (Å²) in [5.74, 6) is 0.416. The van der Waals surface area contributed by atoms with E-state index in [1.54, 1.807) is 0 Å². The number of aromatic nitrogens is 2. The minimum atomic E-state index is -2.87. The maximum atomic E-state index is 11.4. The Morgan fingerprint density at radius 3 is 3.00 bits per heavy atom. The summed E-state index contributed by atoms with van der Waals surface area (Å²) in [7, 11) is -2.87. The fourth-order valence-electron chi connectivity index (χ4n) is 1.93. The number of halogens is 1. The van der Waals surface area contributed by atoms with Gasteiger partial charge in [0.1, 0.15) is 0 Å². The van der Waals surface area contributed by atoms with E-state index in [4.69, 9.17) is 11.6 Å². The highest BCUT2D eigenvalue weighted by Crippen LogP contribution is 2.10. The van der Waals surface area contributed by atoms with Crippen LogP contribution in [0.1, 0.15) is 6.42 Å². The van der Waals surface area contributed by atoms with Gasteiger partial charge in [-0.05, 0) is 6.42 Å². The zero-order valence-corrected chi connectivity index (χ0v) is 11.2. The summed E-state index contributed by atoms with van der Waals surface area (Å²) in [5, 5.41) is 3.52. The number of hydrogen-bond donors (Lipinski definition) is 1. The van der Waals surface area contributed by atoms with Gasteiger partial charge in [-0.3, -0.25) is 4.57 Å². The molecule has 8 heteroatoms. The van der Waals surface area contributed by atoms with E-state index in [2.05, 4.69) is 10.3 Å². The first kappa shape index (κ1) is 13.5. The zero-order chi connectivity index (χ0) is 13.2. The molecule has 0 bridgehead atoms. The average molecular weight is 292 g/mol. The highest BCUT2D eigenvalue weighted by atomic mass is 35.5. The van der Waals surface area contributed by atoms with E-state index in [-0.39, 0.29) is 23.2 Å². The molecule has 1 aromatic rings. The number of nitrogens with zero attached hydrogens (tertiary/aromatic N) is 2. The summed E-state index contributed by atoms with van der Waals surface area (Å²) in [5.41, 5.74) is -0.361. The lowest BCUT2D eigenvalue weighted by atomic mass is 10.2. The van der Waals surface area contributed by atoms with Crippen LogP contribution < -0.4 is 11.0 Å². The van der Waals surface area contributed by atoms with Gasteiger partial charge < -0.3 is 5.32 Å². The fraction of sp³-hybridized carbons (Fsp3) is 0.600. The van der Waals surface area contributed by atoms with Crippen molar-refractivity contribution in [2.24, 2.45) is 0 Å². The summed E-state index contributed by atoms with van der Waals surface area (Å²) in [6.07, 6.45) is 3.45. The second-order valence-electron chi connectivity index (χ2n) is 4.30. The van der Waals surface area contributed by atoms with E-state index in [0.29, 0.717) is 24.5 Å². The number of nitrogens with one attached hydrogen (secondary N) is 1. The van der Waals surface area contributed by atoms with Crippen molar-refractivity contribution in [3.8, 4) is 0 Å². The quantitative estimate of drug-likeness (QED) is 0.822. The standard InChI is InChI=1S/C10H14ClN3O3S/c11-8-5-13-10(15)14(6-8)3-2-12-9-1-4-18(16,17)7-9/h5-6,9,12H,1-4,7H2. The number of sulfone groups is 1. The molecule has 1 unspecified atom stereocenters. The monoisotopic (exact) mass is 291 g/mol. The molecule has 1 N–H and O–H groups in total. The molecule has 1 aliphatic heterocycles. The van der Waals surface area contributed by atoms with Crippen molar-refractivity contribution < 1.29 is 8.42 Å². The second kappa shape index (κ2) is 5.38. The largest absolute Gasteiger partial charge is 0.347 e. The predicted molar refractivity (Wildman–Crippen MR) is 68.6 cm³/mol. The number of hydrogen-bond acceptors (Lipinski definition) is 5. The van der Waals surface area contributed by atoms with Gasteiger partial charge in [0.05, 0.1) is 22.7 Å². The van der Waals surface area contributed by atoms with Crippen LogP contribution >= 0.6 is 11.6 Å². The molecular weight excluding hydrogens is 278 g/mol. The van der Waals surface area contributed by atoms with Gasteiger partial charge in [-0.25, -0.2) is 18.2 Å². The van der Waals surface area contributed by atoms with Gasteiger partial charge in [0.15, 0.2) is 9.84 Å². The van der Waals surface area contributed by atoms with Crippen LogP contribution in [0.25, 0.3) is 0 Å². The van der Waals surface area contributed by atoms with Crippen molar-refractivity contribution in [1.82, 2.24) is 14.9 Å². The van der Waals surface area contributed by atoms with E-state index >= 15 is 0 Å². The van der Waals surface area contributed by atoms with Gasteiger partial charge in [-0.2, -0.15) is 0 Å². The Labute approximate surface area is 110 Å². The summed E-state index contributed by atoms with van der Waals surface area (Å²) in [6.45, 7) is 0.936. The molecule has 0 saturated carbocycles. The highest BCUT2D eigenvalue weighted by molar-refractivity contribution is 7.91. The molecule has 1 fully saturated rings. The van der Waals surface area contributed by atoms with Crippen LogP contribution in [0.15, 0.2) is 17.2 Å². The molecule has 1 aliphatic rings. The van der Waals surface area contributed by atoms with Crippen molar-refractivity contribution in [2.45, 2.75) is 19.0 Å². The third-order valence-electron chi connectivity index (χ3n) is 2.84. The van der Waals surface area contributed by atoms with E-state index in [9.17, 15) is 13.2 Å². The molecule has 100 valence electrons. The lowest BCUT2D eigenvalue weighted by molar-refractivity contribution is 0.510. The Hall–Kier alpha value is -0.920. The molecule has 2 heterocycles. The van der Waals surface area contributed by atoms with Crippen LogP contribution in [0.5, 0.6) is 0 Å². The zero-order valence-electron chi connectivity index (χ0n) is 9.67. The minimum Gasteiger partial charge on any atom is -0.311 e. The SMILES string of the molecule is O=c1ncc(Cl)cn1CCNC1CCS(=O)(=O)C1. The maximum Gasteiger partial charge on any atom is 0.347 e. The van der Waals surface area contributed by atoms with Gasteiger partial charge in [0, 0.05) is 25.3 Å². The first-order valence-electron chi connectivity index (χ1n) is 5.62. The molecule has 2 rings (SSSR count). The normalized spacial score (nSPS) is 22.2. The summed E-state index contributed by atoms with van der Waals surface area (Å²) in [6, 6.07) is -0.0159. The van der Waals surface area contributed by atoms with Gasteiger partial charge in [-0.1, -0.05) is 11.6 Å². The molecule has 1 atom stereocenters. The van der Waals surface area contributed by atoms with Crippen LogP contribution in [-0.2, 0) is 16.4 Å². The lowest BCUT2D eigenvalue weighted by Gasteiger charge is -2.11. The molecule has 0 aliphatic carbocycles. The van der Waals surface area contributed by atoms with E-state index in [0.717, 1.165) is 0 Å². The molecule has 18 heavy (non-hydrogen) atoms. The molecule has 0 radical (unpaired) electrons. The topological polar surface area (TPSA) is 81.1 Å². The minimum absolute atomic E-state index is 0.0159. The Balaban J connectivity index is 1.86. The van der Waals surface area contributed by atoms with E-state index in [1.165, 1.54) is 17.0 Å². The van der Waals surface area contributed by atoms with Gasteiger partial charge in [0.25, 0.3) is 0 Å². The average Bonchev–Trinajstić information content (AvgIpc) is 2.63. The van der Waals surface area contributed by atoms with E-state index in [1.807, 2.05) is 0 Å². The first-order valence-corrected chi connectivity index (χ1v) is 7.82. The lowest BCUT2D eigenvalue weighted by Crippen LogP contribution is -2.35. The molecule has 0 amide bonds. The van der Waals surface area contributed by atoms with Crippen molar-refractivity contribution in [1.29, 1.82) is 0 Å². The predicted octanol–water partition coefficient (Wildman–Crippen LogP) is -0.327. The third-order valence-corrected chi connectivity index (χ3v) is 4.80. The first-order chi connectivity index (χ1) is 8.46. The summed E-state index contributed by atoms with van der Waals surface area (Å²) < 4.78 is 23.9. The third kappa shape index (κ3) is 3.54. The summed E-state index contributed by atoms with van der Waals surface area (Å²) >= 11 is 5.74. The van der Waals surface area contributed by atoms with Crippen LogP contribution in [0.2, 0.25) is 5.02 Å². The molecule has 6 nitrogen and oxygen atoms in total. The Morgan fingerprint density at radius 2 is 2.33 bits per heavy atom. The second-order valence-corrected chi connectivity index (χ2v) is 6.97. The number of rotatable bonds is 4. The van der Waals surface area contributed by atoms with Gasteiger partial charge in [-0.15, -0.1) is 0 Å². The molecule has 1 saturated heterocycles. The van der Waals surface area contributed by atoms with Crippen LogP contribution in [0, 0.1) is 0 Å². The van der Waals surface area contributed by atoms with Crippen molar-refractivity contribution >= 4 is 21.4 Å². The van der Waals surface area contributed by atoms with Crippen LogP contribution in [0.3, 0.4) is 0 Å². The molecular formula is C10H14ClN3O3S. The molecule has 0 aromatic carbocycles. The Bertz CT molecular complexity index is 584. The Morgan fingerprint density at radius 1 is 1.56 bits per heavy atom. The van der Waals surface area contributed by atoms with Crippen molar-refractivity contribution in [3.63, 3.8) is 0 Å². The molecule has 0 spiro atoms.